The van der Waals surface area contributed by atoms with Crippen molar-refractivity contribution in [2.24, 2.45) is 0 Å². The van der Waals surface area contributed by atoms with Gasteiger partial charge in [-0.25, -0.2) is 12.8 Å². The first-order valence-electron chi connectivity index (χ1n) is 8.94. The van der Waals surface area contributed by atoms with E-state index in [1.807, 2.05) is 12.1 Å². The van der Waals surface area contributed by atoms with E-state index in [2.05, 4.69) is 5.32 Å². The van der Waals surface area contributed by atoms with Crippen molar-refractivity contribution in [3.8, 4) is 0 Å². The molecular weight excluding hydrogens is 447 g/mol. The largest absolute Gasteiger partial charge is 0.386 e. The summed E-state index contributed by atoms with van der Waals surface area (Å²) >= 11 is 7.31. The van der Waals surface area contributed by atoms with Crippen LogP contribution in [-0.2, 0) is 23.1 Å². The minimum Gasteiger partial charge on any atom is -0.386 e. The lowest BCUT2D eigenvalue weighted by molar-refractivity contribution is 0.104. The molecule has 0 saturated heterocycles. The highest BCUT2D eigenvalue weighted by molar-refractivity contribution is 7.97. The number of fused-ring (bicyclic) bond motifs is 1. The average Bonchev–Trinajstić information content (AvgIpc) is 3.20. The second kappa shape index (κ2) is 8.22. The number of nitrogens with one attached hydrogen (secondary N) is 1. The summed E-state index contributed by atoms with van der Waals surface area (Å²) < 4.78 is 40.9. The number of sulfonamides is 1. The van der Waals surface area contributed by atoms with Crippen LogP contribution in [0.25, 0.3) is 0 Å². The number of carbonyl (C=O) groups is 1. The highest BCUT2D eigenvalue weighted by Crippen LogP contribution is 2.39. The molecule has 1 aliphatic rings. The van der Waals surface area contributed by atoms with Crippen molar-refractivity contribution < 1.29 is 17.6 Å². The van der Waals surface area contributed by atoms with Crippen molar-refractivity contribution >= 4 is 44.4 Å². The van der Waals surface area contributed by atoms with Crippen molar-refractivity contribution in [2.45, 2.75) is 13.1 Å². The molecule has 3 aromatic rings. The van der Waals surface area contributed by atoms with Crippen LogP contribution in [0.15, 0.2) is 71.1 Å². The summed E-state index contributed by atoms with van der Waals surface area (Å²) in [5.74, 6) is -0.960. The van der Waals surface area contributed by atoms with Crippen LogP contribution >= 0.6 is 22.9 Å². The third-order valence-corrected chi connectivity index (χ3v) is 7.67. The van der Waals surface area contributed by atoms with Crippen LogP contribution in [0.4, 0.5) is 10.1 Å². The van der Waals surface area contributed by atoms with E-state index in [4.69, 9.17) is 11.6 Å². The number of halogens is 2. The van der Waals surface area contributed by atoms with E-state index >= 15 is 0 Å². The van der Waals surface area contributed by atoms with Gasteiger partial charge in [-0.1, -0.05) is 41.9 Å². The highest BCUT2D eigenvalue weighted by atomic mass is 35.5. The molecule has 1 aromatic heterocycles. The monoisotopic (exact) mass is 462 g/mol. The zero-order chi connectivity index (χ0) is 21.3. The van der Waals surface area contributed by atoms with Crippen LogP contribution in [0.1, 0.15) is 20.8 Å². The number of carbonyl (C=O) groups excluding carboxylic acids is 1. The first-order valence-corrected chi connectivity index (χ1v) is 11.6. The van der Waals surface area contributed by atoms with Crippen LogP contribution in [-0.4, -0.2) is 14.2 Å². The second-order valence-corrected chi connectivity index (χ2v) is 9.74. The van der Waals surface area contributed by atoms with Gasteiger partial charge >= 0.3 is 0 Å². The molecule has 1 aliphatic heterocycles. The van der Waals surface area contributed by atoms with Crippen molar-refractivity contribution in [3.05, 3.63) is 97.9 Å². The van der Waals surface area contributed by atoms with Crippen LogP contribution in [0.2, 0.25) is 5.02 Å². The van der Waals surface area contributed by atoms with Crippen molar-refractivity contribution in [2.75, 3.05) is 4.31 Å². The number of hydrogen-bond acceptors (Lipinski definition) is 5. The number of anilines is 1. The predicted octanol–water partition coefficient (Wildman–Crippen LogP) is 4.70. The first kappa shape index (κ1) is 20.6. The van der Waals surface area contributed by atoms with Crippen molar-refractivity contribution in [1.82, 2.24) is 5.32 Å². The lowest BCUT2D eigenvalue weighted by Gasteiger charge is -2.29. The maximum atomic E-state index is 13.3. The molecule has 0 radical (unpaired) electrons. The number of hydrogen-bond donors (Lipinski definition) is 1. The summed E-state index contributed by atoms with van der Waals surface area (Å²) in [4.78, 5) is 12.9. The Morgan fingerprint density at radius 1 is 1.10 bits per heavy atom. The van der Waals surface area contributed by atoms with Gasteiger partial charge < -0.3 is 5.32 Å². The summed E-state index contributed by atoms with van der Waals surface area (Å²) in [6, 6.07) is 14.3. The summed E-state index contributed by atoms with van der Waals surface area (Å²) in [6.07, 6.45) is 1.22. The van der Waals surface area contributed by atoms with Gasteiger partial charge in [-0.3, -0.25) is 9.10 Å². The van der Waals surface area contributed by atoms with Gasteiger partial charge in [-0.2, -0.15) is 0 Å². The number of thiophene rings is 1. The molecule has 4 rings (SSSR count). The van der Waals surface area contributed by atoms with Gasteiger partial charge in [0.25, 0.3) is 10.0 Å². The van der Waals surface area contributed by atoms with Gasteiger partial charge in [0, 0.05) is 17.8 Å². The van der Waals surface area contributed by atoms with Gasteiger partial charge in [0.2, 0.25) is 5.78 Å². The maximum absolute atomic E-state index is 13.3. The topological polar surface area (TPSA) is 66.5 Å². The molecule has 0 atom stereocenters. The van der Waals surface area contributed by atoms with E-state index in [-0.39, 0.29) is 18.0 Å². The Bertz CT molecular complexity index is 1240. The second-order valence-electron chi connectivity index (χ2n) is 6.58. The summed E-state index contributed by atoms with van der Waals surface area (Å²) in [5.41, 5.74) is 1.71. The molecule has 0 aliphatic carbocycles. The minimum absolute atomic E-state index is 0.0124. The zero-order valence-electron chi connectivity index (χ0n) is 15.5. The molecule has 30 heavy (non-hydrogen) atoms. The molecule has 154 valence electrons. The van der Waals surface area contributed by atoms with Crippen molar-refractivity contribution in [3.63, 3.8) is 0 Å². The normalized spacial score (nSPS) is 16.5. The summed E-state index contributed by atoms with van der Waals surface area (Å²) in [5, 5.41) is 5.11. The van der Waals surface area contributed by atoms with Gasteiger partial charge in [-0.05, 0) is 40.8 Å². The van der Waals surface area contributed by atoms with E-state index in [9.17, 15) is 17.6 Å². The number of benzene rings is 2. The van der Waals surface area contributed by atoms with Crippen LogP contribution in [0.3, 0.4) is 0 Å². The standard InChI is InChI=1S/C21H16ClFN2O3S2/c22-17-4-2-1-3-15(17)11-24-12-19-20(26)21-18(9-10-29-21)25(30(19,27)28)13-14-5-7-16(23)8-6-14/h1-10,12,24H,11,13H2/b19-12-. The minimum atomic E-state index is -4.11. The Balaban J connectivity index is 1.67. The van der Waals surface area contributed by atoms with Crippen LogP contribution in [0.5, 0.6) is 0 Å². The summed E-state index contributed by atoms with van der Waals surface area (Å²) in [7, 11) is -4.11. The Hall–Kier alpha value is -2.68. The van der Waals surface area contributed by atoms with E-state index in [1.54, 1.807) is 23.6 Å². The van der Waals surface area contributed by atoms with Crippen LogP contribution < -0.4 is 9.62 Å². The number of allylic oxidation sites excluding steroid dienone is 1. The van der Waals surface area contributed by atoms with E-state index in [1.165, 1.54) is 46.1 Å². The molecule has 1 N–H and O–H groups in total. The van der Waals surface area contributed by atoms with Gasteiger partial charge in [-0.15, -0.1) is 11.3 Å². The third-order valence-electron chi connectivity index (χ3n) is 4.63. The Kier molecular flexibility index (Phi) is 5.64. The van der Waals surface area contributed by atoms with Gasteiger partial charge in [0.1, 0.15) is 10.7 Å². The number of rotatable bonds is 5. The maximum Gasteiger partial charge on any atom is 0.270 e. The fourth-order valence-corrected chi connectivity index (χ4v) is 5.82. The molecule has 5 nitrogen and oxygen atoms in total. The third kappa shape index (κ3) is 3.86. The molecule has 0 amide bonds. The van der Waals surface area contributed by atoms with Crippen LogP contribution in [0, 0.1) is 5.82 Å². The van der Waals surface area contributed by atoms with E-state index in [0.717, 1.165) is 5.56 Å². The zero-order valence-corrected chi connectivity index (χ0v) is 17.9. The molecule has 0 spiro atoms. The molecule has 9 heteroatoms. The van der Waals surface area contributed by atoms with E-state index < -0.39 is 21.6 Å². The van der Waals surface area contributed by atoms with Gasteiger partial charge in [0.15, 0.2) is 4.91 Å². The Morgan fingerprint density at radius 2 is 1.83 bits per heavy atom. The number of ketones is 1. The number of nitrogens with zero attached hydrogens (tertiary/aromatic N) is 1. The van der Waals surface area contributed by atoms with E-state index in [0.29, 0.717) is 21.2 Å². The molecule has 2 aromatic carbocycles. The Morgan fingerprint density at radius 3 is 2.57 bits per heavy atom. The molecule has 0 unspecified atom stereocenters. The lowest BCUT2D eigenvalue weighted by Crippen LogP contribution is -2.38. The van der Waals surface area contributed by atoms with Gasteiger partial charge in [0.05, 0.1) is 12.2 Å². The van der Waals surface area contributed by atoms with Crippen molar-refractivity contribution in [1.29, 1.82) is 0 Å². The average molecular weight is 463 g/mol. The quantitative estimate of drug-likeness (QED) is 0.558. The fraction of sp³-hybridized carbons (Fsp3) is 0.0952. The molecule has 0 bridgehead atoms. The molecule has 2 heterocycles. The fourth-order valence-electron chi connectivity index (χ4n) is 3.11. The Labute approximate surface area is 182 Å². The summed E-state index contributed by atoms with van der Waals surface area (Å²) in [6.45, 7) is 0.253. The molecular formula is C21H16ClFN2O3S2. The molecule has 0 fully saturated rings. The molecule has 0 saturated carbocycles. The predicted molar refractivity (Wildman–Crippen MR) is 117 cm³/mol. The first-order chi connectivity index (χ1) is 14.4. The SMILES string of the molecule is O=C1/C(=C/NCc2ccccc2Cl)S(=O)(=O)N(Cc2ccc(F)cc2)c2ccsc21. The highest BCUT2D eigenvalue weighted by Gasteiger charge is 2.41. The lowest BCUT2D eigenvalue weighted by atomic mass is 10.2. The number of Topliss-reactive ketones (excluding diaryl/α,β-unsaturated/α-hetero) is 1. The smallest absolute Gasteiger partial charge is 0.270 e.